The molecule has 3 aromatic rings. The average molecular weight is 252 g/mol. The molecular weight excluding hydrogens is 240 g/mol. The van der Waals surface area contributed by atoms with E-state index >= 15 is 0 Å². The number of hydrogen-bond donors (Lipinski definition) is 2. The van der Waals surface area contributed by atoms with Crippen LogP contribution in [-0.2, 0) is 0 Å². The number of nitrogens with zero attached hydrogens (tertiary/aromatic N) is 2. The van der Waals surface area contributed by atoms with Crippen LogP contribution in [0.4, 0.5) is 5.82 Å². The zero-order chi connectivity index (χ0) is 13.1. The van der Waals surface area contributed by atoms with Gasteiger partial charge in [-0.05, 0) is 18.2 Å². The van der Waals surface area contributed by atoms with E-state index < -0.39 is 0 Å². The highest BCUT2D eigenvalue weighted by molar-refractivity contribution is 5.79. The second-order valence-corrected chi connectivity index (χ2v) is 3.99. The minimum atomic E-state index is 0.547. The summed E-state index contributed by atoms with van der Waals surface area (Å²) in [5, 5.41) is 1.03. The van der Waals surface area contributed by atoms with Crippen LogP contribution in [0.3, 0.4) is 0 Å². The monoisotopic (exact) mass is 252 g/mol. The van der Waals surface area contributed by atoms with Gasteiger partial charge in [-0.3, -0.25) is 4.98 Å². The number of fused-ring (bicyclic) bond motifs is 1. The van der Waals surface area contributed by atoms with Gasteiger partial charge in [-0.15, -0.1) is 0 Å². The van der Waals surface area contributed by atoms with Crippen molar-refractivity contribution in [3.8, 4) is 11.5 Å². The molecule has 5 nitrogen and oxygen atoms in total. The van der Waals surface area contributed by atoms with E-state index in [4.69, 9.17) is 10.6 Å². The van der Waals surface area contributed by atoms with Gasteiger partial charge in [0.25, 0.3) is 0 Å². The summed E-state index contributed by atoms with van der Waals surface area (Å²) in [4.78, 5) is 8.36. The smallest absolute Gasteiger partial charge is 0.146 e. The SMILES string of the molecule is NNc1cc(Oc2cnc3ccccc3c2)ccn1. The maximum absolute atomic E-state index is 5.73. The quantitative estimate of drug-likeness (QED) is 0.554. The molecule has 0 atom stereocenters. The van der Waals surface area contributed by atoms with Crippen molar-refractivity contribution in [2.75, 3.05) is 5.43 Å². The number of hydrogen-bond acceptors (Lipinski definition) is 5. The Morgan fingerprint density at radius 1 is 1.00 bits per heavy atom. The molecule has 0 radical (unpaired) electrons. The predicted octanol–water partition coefficient (Wildman–Crippen LogP) is 2.71. The maximum atomic E-state index is 5.73. The van der Waals surface area contributed by atoms with Gasteiger partial charge in [0.1, 0.15) is 17.3 Å². The van der Waals surface area contributed by atoms with Crippen LogP contribution in [0.25, 0.3) is 10.9 Å². The van der Waals surface area contributed by atoms with Crippen LogP contribution in [0.1, 0.15) is 0 Å². The number of aromatic nitrogens is 2. The van der Waals surface area contributed by atoms with E-state index in [1.54, 1.807) is 24.5 Å². The van der Waals surface area contributed by atoms with Gasteiger partial charge in [0.2, 0.25) is 0 Å². The van der Waals surface area contributed by atoms with Crippen molar-refractivity contribution in [2.24, 2.45) is 5.84 Å². The van der Waals surface area contributed by atoms with E-state index in [2.05, 4.69) is 15.4 Å². The van der Waals surface area contributed by atoms with Crippen LogP contribution in [0.2, 0.25) is 0 Å². The molecule has 2 heterocycles. The second-order valence-electron chi connectivity index (χ2n) is 3.99. The van der Waals surface area contributed by atoms with Crippen LogP contribution in [-0.4, -0.2) is 9.97 Å². The first-order chi connectivity index (χ1) is 9.35. The summed E-state index contributed by atoms with van der Waals surface area (Å²) in [5.74, 6) is 7.18. The number of anilines is 1. The van der Waals surface area contributed by atoms with Gasteiger partial charge in [0.15, 0.2) is 0 Å². The van der Waals surface area contributed by atoms with E-state index in [1.807, 2.05) is 30.3 Å². The molecule has 3 rings (SSSR count). The minimum absolute atomic E-state index is 0.547. The molecule has 0 aliphatic rings. The fourth-order valence-corrected chi connectivity index (χ4v) is 1.80. The molecule has 0 unspecified atom stereocenters. The molecule has 0 bridgehead atoms. The zero-order valence-electron chi connectivity index (χ0n) is 10.1. The number of nitrogens with one attached hydrogen (secondary N) is 1. The Hall–Kier alpha value is -2.66. The zero-order valence-corrected chi connectivity index (χ0v) is 10.1. The van der Waals surface area contributed by atoms with Crippen molar-refractivity contribution in [3.63, 3.8) is 0 Å². The minimum Gasteiger partial charge on any atom is -0.456 e. The predicted molar refractivity (Wildman–Crippen MR) is 73.9 cm³/mol. The largest absolute Gasteiger partial charge is 0.456 e. The molecule has 0 saturated heterocycles. The number of nitrogens with two attached hydrogens (primary N) is 1. The molecule has 0 aliphatic carbocycles. The third-order valence-corrected chi connectivity index (χ3v) is 2.68. The average Bonchev–Trinajstić information content (AvgIpc) is 2.47. The summed E-state index contributed by atoms with van der Waals surface area (Å²) in [6, 6.07) is 13.3. The highest BCUT2D eigenvalue weighted by Gasteiger charge is 2.01. The molecule has 3 N–H and O–H groups in total. The standard InChI is InChI=1S/C14H12N4O/c15-18-14-8-11(5-6-16-14)19-12-7-10-3-1-2-4-13(10)17-9-12/h1-9H,15H2,(H,16,18). The summed E-state index contributed by atoms with van der Waals surface area (Å²) in [6.45, 7) is 0. The van der Waals surface area contributed by atoms with E-state index in [0.29, 0.717) is 17.3 Å². The Balaban J connectivity index is 1.92. The third-order valence-electron chi connectivity index (χ3n) is 2.68. The van der Waals surface area contributed by atoms with E-state index in [9.17, 15) is 0 Å². The molecule has 0 spiro atoms. The summed E-state index contributed by atoms with van der Waals surface area (Å²) in [7, 11) is 0. The van der Waals surface area contributed by atoms with Crippen LogP contribution in [0.5, 0.6) is 11.5 Å². The summed E-state index contributed by atoms with van der Waals surface area (Å²) in [6.07, 6.45) is 3.32. The van der Waals surface area contributed by atoms with Crippen LogP contribution in [0.15, 0.2) is 54.9 Å². The Morgan fingerprint density at radius 3 is 2.79 bits per heavy atom. The molecule has 19 heavy (non-hydrogen) atoms. The lowest BCUT2D eigenvalue weighted by Crippen LogP contribution is -2.08. The van der Waals surface area contributed by atoms with Crippen LogP contribution in [0, 0.1) is 0 Å². The third kappa shape index (κ3) is 2.46. The highest BCUT2D eigenvalue weighted by atomic mass is 16.5. The lowest BCUT2D eigenvalue weighted by molar-refractivity contribution is 0.481. The van der Waals surface area contributed by atoms with Gasteiger partial charge in [0, 0.05) is 17.6 Å². The number of benzene rings is 1. The number of pyridine rings is 2. The molecule has 0 saturated carbocycles. The lowest BCUT2D eigenvalue weighted by Gasteiger charge is -2.07. The van der Waals surface area contributed by atoms with Crippen LogP contribution >= 0.6 is 0 Å². The molecule has 0 aliphatic heterocycles. The van der Waals surface area contributed by atoms with Gasteiger partial charge in [-0.25, -0.2) is 10.8 Å². The first-order valence-corrected chi connectivity index (χ1v) is 5.80. The molecular formula is C14H12N4O. The maximum Gasteiger partial charge on any atom is 0.146 e. The van der Waals surface area contributed by atoms with Gasteiger partial charge >= 0.3 is 0 Å². The van der Waals surface area contributed by atoms with Gasteiger partial charge in [-0.2, -0.15) is 0 Å². The topological polar surface area (TPSA) is 73.1 Å². The summed E-state index contributed by atoms with van der Waals surface area (Å²) in [5.41, 5.74) is 3.41. The highest BCUT2D eigenvalue weighted by Crippen LogP contribution is 2.24. The van der Waals surface area contributed by atoms with E-state index in [0.717, 1.165) is 10.9 Å². The Morgan fingerprint density at radius 2 is 1.89 bits per heavy atom. The van der Waals surface area contributed by atoms with Crippen molar-refractivity contribution in [2.45, 2.75) is 0 Å². The molecule has 1 aromatic carbocycles. The number of nitrogen functional groups attached to an aromatic ring is 1. The Bertz CT molecular complexity index is 714. The number of ether oxygens (including phenoxy) is 1. The van der Waals surface area contributed by atoms with Crippen molar-refractivity contribution in [1.82, 2.24) is 9.97 Å². The number of hydrazine groups is 1. The van der Waals surface area contributed by atoms with Gasteiger partial charge < -0.3 is 10.2 Å². The lowest BCUT2D eigenvalue weighted by atomic mass is 10.2. The molecule has 5 heteroatoms. The normalized spacial score (nSPS) is 10.4. The number of para-hydroxylation sites is 1. The fourth-order valence-electron chi connectivity index (χ4n) is 1.80. The first kappa shape index (κ1) is 11.4. The van der Waals surface area contributed by atoms with Crippen molar-refractivity contribution < 1.29 is 4.74 Å². The summed E-state index contributed by atoms with van der Waals surface area (Å²) >= 11 is 0. The first-order valence-electron chi connectivity index (χ1n) is 5.80. The van der Waals surface area contributed by atoms with Gasteiger partial charge in [-0.1, -0.05) is 18.2 Å². The Labute approximate surface area is 110 Å². The Kier molecular flexibility index (Phi) is 2.96. The van der Waals surface area contributed by atoms with Crippen molar-refractivity contribution in [3.05, 3.63) is 54.9 Å². The molecule has 0 amide bonds. The molecule has 94 valence electrons. The summed E-state index contributed by atoms with van der Waals surface area (Å²) < 4.78 is 5.73. The molecule has 2 aromatic heterocycles. The van der Waals surface area contributed by atoms with Crippen molar-refractivity contribution in [1.29, 1.82) is 0 Å². The number of rotatable bonds is 3. The van der Waals surface area contributed by atoms with Crippen LogP contribution < -0.4 is 16.0 Å². The van der Waals surface area contributed by atoms with Gasteiger partial charge in [0.05, 0.1) is 11.7 Å². The van der Waals surface area contributed by atoms with E-state index in [1.165, 1.54) is 0 Å². The second kappa shape index (κ2) is 4.91. The van der Waals surface area contributed by atoms with Crippen molar-refractivity contribution >= 4 is 16.7 Å². The molecule has 0 fully saturated rings. The fraction of sp³-hybridized carbons (Fsp3) is 0. The van der Waals surface area contributed by atoms with E-state index in [-0.39, 0.29) is 0 Å².